The predicted molar refractivity (Wildman–Crippen MR) is 99.1 cm³/mol. The molecule has 3 rings (SSSR count). The summed E-state index contributed by atoms with van der Waals surface area (Å²) in [5.74, 6) is 0.832. The first-order valence-electron chi connectivity index (χ1n) is 8.77. The molecule has 8 heteroatoms. The predicted octanol–water partition coefficient (Wildman–Crippen LogP) is 1.82. The zero-order valence-electron chi connectivity index (χ0n) is 15.2. The first-order chi connectivity index (χ1) is 12.5. The van der Waals surface area contributed by atoms with Gasteiger partial charge in [-0.25, -0.2) is 0 Å². The lowest BCUT2D eigenvalue weighted by atomic mass is 10.1. The third-order valence-electron chi connectivity index (χ3n) is 4.70. The van der Waals surface area contributed by atoms with E-state index in [1.165, 1.54) is 11.3 Å². The number of carbonyl (C=O) groups is 2. The van der Waals surface area contributed by atoms with Crippen LogP contribution in [0.5, 0.6) is 0 Å². The molecule has 0 bridgehead atoms. The maximum Gasteiger partial charge on any atom is 0.252 e. The molecule has 140 valence electrons. The molecule has 0 aromatic carbocycles. The Morgan fingerprint density at radius 3 is 2.65 bits per heavy atom. The van der Waals surface area contributed by atoms with Crippen LogP contribution in [0.3, 0.4) is 0 Å². The summed E-state index contributed by atoms with van der Waals surface area (Å²) in [6.07, 6.45) is 0.333. The van der Waals surface area contributed by atoms with E-state index in [0.29, 0.717) is 31.6 Å². The average Bonchev–Trinajstić information content (AvgIpc) is 3.28. The molecular formula is C18H24N4O3S. The fraction of sp³-hybridized carbons (Fsp3) is 0.500. The lowest BCUT2D eigenvalue weighted by Gasteiger charge is -2.34. The van der Waals surface area contributed by atoms with Gasteiger partial charge in [0.15, 0.2) is 0 Å². The quantitative estimate of drug-likeness (QED) is 0.832. The van der Waals surface area contributed by atoms with Gasteiger partial charge >= 0.3 is 0 Å². The van der Waals surface area contributed by atoms with Crippen molar-refractivity contribution >= 4 is 23.2 Å². The molecule has 0 radical (unpaired) electrons. The number of carbonyl (C=O) groups excluding carboxylic acids is 2. The second-order valence-corrected chi connectivity index (χ2v) is 7.26. The lowest BCUT2D eigenvalue weighted by Crippen LogP contribution is -2.48. The standard InChI is InChI=1S/C18H24N4O3S/c1-13-16(14(2)25-20-13)11-21-6-8-22(9-7-21)17(23)3-5-19-18(24)15-4-10-26-12-15/h4,10,12H,3,5-9,11H2,1-2H3,(H,19,24). The summed E-state index contributed by atoms with van der Waals surface area (Å²) in [6.45, 7) is 8.14. The molecule has 1 fully saturated rings. The van der Waals surface area contributed by atoms with Gasteiger partial charge in [0.25, 0.3) is 5.91 Å². The Balaban J connectivity index is 1.39. The molecule has 0 spiro atoms. The summed E-state index contributed by atoms with van der Waals surface area (Å²) >= 11 is 1.48. The van der Waals surface area contributed by atoms with E-state index >= 15 is 0 Å². The number of hydrogen-bond donors (Lipinski definition) is 1. The van der Waals surface area contributed by atoms with Gasteiger partial charge in [-0.2, -0.15) is 11.3 Å². The number of rotatable bonds is 6. The molecule has 3 heterocycles. The van der Waals surface area contributed by atoms with Crippen LogP contribution in [0.1, 0.15) is 33.8 Å². The number of hydrogen-bond acceptors (Lipinski definition) is 6. The van der Waals surface area contributed by atoms with Crippen molar-refractivity contribution < 1.29 is 14.1 Å². The van der Waals surface area contributed by atoms with Crippen molar-refractivity contribution in [3.05, 3.63) is 39.4 Å². The van der Waals surface area contributed by atoms with E-state index in [4.69, 9.17) is 4.52 Å². The van der Waals surface area contributed by atoms with Crippen molar-refractivity contribution in [1.29, 1.82) is 0 Å². The SMILES string of the molecule is Cc1noc(C)c1CN1CCN(C(=O)CCNC(=O)c2ccsc2)CC1. The number of amides is 2. The van der Waals surface area contributed by atoms with Crippen LogP contribution >= 0.6 is 11.3 Å². The smallest absolute Gasteiger partial charge is 0.252 e. The average molecular weight is 376 g/mol. The maximum absolute atomic E-state index is 12.3. The van der Waals surface area contributed by atoms with Crippen LogP contribution in [0.25, 0.3) is 0 Å². The van der Waals surface area contributed by atoms with Gasteiger partial charge in [0.2, 0.25) is 5.91 Å². The minimum absolute atomic E-state index is 0.0904. The molecule has 2 aromatic heterocycles. The second kappa shape index (κ2) is 8.46. The number of nitrogens with one attached hydrogen (secondary N) is 1. The molecular weight excluding hydrogens is 352 g/mol. The summed E-state index contributed by atoms with van der Waals surface area (Å²) in [5.41, 5.74) is 2.72. The Kier molecular flexibility index (Phi) is 6.05. The highest BCUT2D eigenvalue weighted by molar-refractivity contribution is 7.08. The van der Waals surface area contributed by atoms with Crippen LogP contribution in [0.15, 0.2) is 21.3 Å². The van der Waals surface area contributed by atoms with Gasteiger partial charge in [-0.15, -0.1) is 0 Å². The molecule has 2 amide bonds. The van der Waals surface area contributed by atoms with Gasteiger partial charge in [-0.05, 0) is 25.3 Å². The monoisotopic (exact) mass is 376 g/mol. The highest BCUT2D eigenvalue weighted by atomic mass is 32.1. The molecule has 0 atom stereocenters. The van der Waals surface area contributed by atoms with Crippen molar-refractivity contribution in [2.45, 2.75) is 26.8 Å². The van der Waals surface area contributed by atoms with Crippen molar-refractivity contribution in [3.8, 4) is 0 Å². The summed E-state index contributed by atoms with van der Waals surface area (Å²) in [5, 5.41) is 10.5. The van der Waals surface area contributed by atoms with Crippen molar-refractivity contribution in [3.63, 3.8) is 0 Å². The summed E-state index contributed by atoms with van der Waals surface area (Å²) < 4.78 is 5.21. The Bertz CT molecular complexity index is 729. The first kappa shape index (κ1) is 18.6. The Labute approximate surface area is 156 Å². The van der Waals surface area contributed by atoms with Crippen LogP contribution in [0, 0.1) is 13.8 Å². The summed E-state index contributed by atoms with van der Waals surface area (Å²) in [4.78, 5) is 28.4. The molecule has 0 unspecified atom stereocenters. The maximum atomic E-state index is 12.3. The number of thiophene rings is 1. The zero-order valence-corrected chi connectivity index (χ0v) is 16.0. The highest BCUT2D eigenvalue weighted by Gasteiger charge is 2.22. The van der Waals surface area contributed by atoms with E-state index in [1.807, 2.05) is 24.1 Å². The van der Waals surface area contributed by atoms with E-state index in [9.17, 15) is 9.59 Å². The number of aryl methyl sites for hydroxylation is 2. The number of aromatic nitrogens is 1. The lowest BCUT2D eigenvalue weighted by molar-refractivity contribution is -0.132. The van der Waals surface area contributed by atoms with Gasteiger partial charge in [-0.3, -0.25) is 14.5 Å². The second-order valence-electron chi connectivity index (χ2n) is 6.48. The first-order valence-corrected chi connectivity index (χ1v) is 9.71. The highest BCUT2D eigenvalue weighted by Crippen LogP contribution is 2.16. The minimum Gasteiger partial charge on any atom is -0.361 e. The van der Waals surface area contributed by atoms with Crippen LogP contribution in [-0.2, 0) is 11.3 Å². The fourth-order valence-electron chi connectivity index (χ4n) is 3.04. The fourth-order valence-corrected chi connectivity index (χ4v) is 3.68. The van der Waals surface area contributed by atoms with Gasteiger partial charge in [-0.1, -0.05) is 5.16 Å². The van der Waals surface area contributed by atoms with E-state index < -0.39 is 0 Å². The number of nitrogens with zero attached hydrogens (tertiary/aromatic N) is 3. The van der Waals surface area contributed by atoms with Crippen molar-refractivity contribution in [2.75, 3.05) is 32.7 Å². The van der Waals surface area contributed by atoms with Gasteiger partial charge in [0.05, 0.1) is 5.69 Å². The molecule has 0 aliphatic carbocycles. The van der Waals surface area contributed by atoms with Crippen LogP contribution in [-0.4, -0.2) is 59.5 Å². The third kappa shape index (κ3) is 4.50. The third-order valence-corrected chi connectivity index (χ3v) is 5.38. The molecule has 1 N–H and O–H groups in total. The van der Waals surface area contributed by atoms with Crippen molar-refractivity contribution in [2.24, 2.45) is 0 Å². The Morgan fingerprint density at radius 1 is 1.27 bits per heavy atom. The van der Waals surface area contributed by atoms with Crippen LogP contribution in [0.4, 0.5) is 0 Å². The van der Waals surface area contributed by atoms with Crippen molar-refractivity contribution in [1.82, 2.24) is 20.3 Å². The van der Waals surface area contributed by atoms with Gasteiger partial charge in [0.1, 0.15) is 5.76 Å². The normalized spacial score (nSPS) is 15.2. The Morgan fingerprint density at radius 2 is 2.04 bits per heavy atom. The largest absolute Gasteiger partial charge is 0.361 e. The molecule has 7 nitrogen and oxygen atoms in total. The van der Waals surface area contributed by atoms with E-state index in [1.54, 1.807) is 11.4 Å². The number of piperazine rings is 1. The van der Waals surface area contributed by atoms with E-state index in [0.717, 1.165) is 36.7 Å². The molecule has 2 aromatic rings. The van der Waals surface area contributed by atoms with Crippen LogP contribution < -0.4 is 5.32 Å². The molecule has 1 aliphatic rings. The Hall–Kier alpha value is -2.19. The van der Waals surface area contributed by atoms with E-state index in [2.05, 4.69) is 15.4 Å². The summed E-state index contributed by atoms with van der Waals surface area (Å²) in [7, 11) is 0. The van der Waals surface area contributed by atoms with Gasteiger partial charge < -0.3 is 14.7 Å². The topological polar surface area (TPSA) is 78.7 Å². The minimum atomic E-state index is -0.122. The van der Waals surface area contributed by atoms with Gasteiger partial charge in [0, 0.05) is 62.2 Å². The molecule has 1 aliphatic heterocycles. The van der Waals surface area contributed by atoms with Crippen LogP contribution in [0.2, 0.25) is 0 Å². The van der Waals surface area contributed by atoms with E-state index in [-0.39, 0.29) is 11.8 Å². The zero-order chi connectivity index (χ0) is 18.5. The molecule has 26 heavy (non-hydrogen) atoms. The molecule has 1 saturated heterocycles. The molecule has 0 saturated carbocycles. The summed E-state index contributed by atoms with van der Waals surface area (Å²) in [6, 6.07) is 1.78.